The van der Waals surface area contributed by atoms with Gasteiger partial charge >= 0.3 is 0 Å². The number of hydrogen-bond acceptors (Lipinski definition) is 3. The number of nitrogens with one attached hydrogen (secondary N) is 1. The molecule has 5 heteroatoms. The molecule has 1 aliphatic carbocycles. The van der Waals surface area contributed by atoms with Crippen molar-refractivity contribution in [2.24, 2.45) is 7.05 Å². The van der Waals surface area contributed by atoms with Crippen molar-refractivity contribution in [2.45, 2.75) is 52.4 Å². The largest absolute Gasteiger partial charge is 0.383 e. The quantitative estimate of drug-likeness (QED) is 0.794. The maximum absolute atomic E-state index is 9.69. The maximum Gasteiger partial charge on any atom is 0.212 e. The minimum atomic E-state index is 0.365. The van der Waals surface area contributed by atoms with Crippen molar-refractivity contribution in [1.29, 1.82) is 5.26 Å². The summed E-state index contributed by atoms with van der Waals surface area (Å²) in [5.74, 6) is 0.365. The molecule has 3 rings (SSSR count). The van der Waals surface area contributed by atoms with Crippen molar-refractivity contribution >= 4 is 5.82 Å². The van der Waals surface area contributed by atoms with Gasteiger partial charge in [-0.25, -0.2) is 4.98 Å². The zero-order chi connectivity index (χ0) is 16.6. The second kappa shape index (κ2) is 6.04. The van der Waals surface area contributed by atoms with Crippen LogP contribution in [0, 0.1) is 25.2 Å². The number of H-pyrrole nitrogens is 1. The Hall–Kier alpha value is -2.35. The van der Waals surface area contributed by atoms with Gasteiger partial charge in [0.1, 0.15) is 17.5 Å². The standard InChI is InChI=1S/C18H23N5/c1-11-16(12(2)23(3)22-11)17-13-8-6-4-5-7-9-15(13)21-18(20)14(17)10-19/h4-9H2,1-3H3,(H2,20,21)/p+1. The van der Waals surface area contributed by atoms with Crippen LogP contribution in [0.3, 0.4) is 0 Å². The number of aromatic amines is 1. The number of aryl methyl sites for hydroxylation is 3. The highest BCUT2D eigenvalue weighted by atomic mass is 15.3. The molecule has 1 aliphatic rings. The van der Waals surface area contributed by atoms with E-state index in [4.69, 9.17) is 5.73 Å². The molecule has 23 heavy (non-hydrogen) atoms. The third kappa shape index (κ3) is 2.59. The van der Waals surface area contributed by atoms with Crippen LogP contribution >= 0.6 is 0 Å². The molecule has 0 spiro atoms. The van der Waals surface area contributed by atoms with E-state index in [1.165, 1.54) is 18.4 Å². The number of nitrogens with zero attached hydrogens (tertiary/aromatic N) is 3. The molecule has 0 amide bonds. The fraction of sp³-hybridized carbons (Fsp3) is 0.500. The predicted octanol–water partition coefficient (Wildman–Crippen LogP) is 2.63. The monoisotopic (exact) mass is 310 g/mol. The van der Waals surface area contributed by atoms with Gasteiger partial charge in [0.2, 0.25) is 5.69 Å². The van der Waals surface area contributed by atoms with E-state index in [0.29, 0.717) is 11.4 Å². The molecular weight excluding hydrogens is 286 g/mol. The van der Waals surface area contributed by atoms with Crippen LogP contribution in [0.15, 0.2) is 0 Å². The van der Waals surface area contributed by atoms with Gasteiger partial charge in [0.05, 0.1) is 11.3 Å². The number of nitrogen functional groups attached to an aromatic ring is 1. The molecule has 3 N–H and O–H groups in total. The van der Waals surface area contributed by atoms with Crippen molar-refractivity contribution in [3.05, 3.63) is 28.2 Å². The van der Waals surface area contributed by atoms with Gasteiger partial charge in [-0.3, -0.25) is 0 Å². The smallest absolute Gasteiger partial charge is 0.212 e. The van der Waals surface area contributed by atoms with Crippen LogP contribution in [0.5, 0.6) is 0 Å². The van der Waals surface area contributed by atoms with E-state index in [-0.39, 0.29) is 0 Å². The summed E-state index contributed by atoms with van der Waals surface area (Å²) in [6, 6.07) is 2.30. The number of fused-ring (bicyclic) bond motifs is 1. The first-order chi connectivity index (χ1) is 11.0. The zero-order valence-corrected chi connectivity index (χ0v) is 14.2. The summed E-state index contributed by atoms with van der Waals surface area (Å²) in [7, 11) is 1.99. The Bertz CT molecular complexity index is 795. The molecule has 0 atom stereocenters. The summed E-state index contributed by atoms with van der Waals surface area (Å²) in [5.41, 5.74) is 13.3. The molecule has 0 unspecified atom stereocenters. The first-order valence-corrected chi connectivity index (χ1v) is 8.31. The second-order valence-corrected chi connectivity index (χ2v) is 6.45. The van der Waals surface area contributed by atoms with Crippen molar-refractivity contribution < 1.29 is 4.68 Å². The molecule has 0 bridgehead atoms. The van der Waals surface area contributed by atoms with Gasteiger partial charge in [-0.2, -0.15) is 10.4 Å². The molecule has 0 saturated carbocycles. The summed E-state index contributed by atoms with van der Waals surface area (Å²) in [6.45, 7) is 4.13. The summed E-state index contributed by atoms with van der Waals surface area (Å²) < 4.78 is 2.00. The zero-order valence-electron chi connectivity index (χ0n) is 14.2. The van der Waals surface area contributed by atoms with Crippen LogP contribution in [0.4, 0.5) is 5.82 Å². The Kier molecular flexibility index (Phi) is 4.08. The Balaban J connectivity index is 2.35. The number of aromatic nitrogens is 3. The Labute approximate surface area is 137 Å². The van der Waals surface area contributed by atoms with Gasteiger partial charge in [0, 0.05) is 18.2 Å². The van der Waals surface area contributed by atoms with E-state index in [2.05, 4.69) is 30.0 Å². The first kappa shape index (κ1) is 15.5. The highest BCUT2D eigenvalue weighted by Crippen LogP contribution is 2.37. The molecule has 0 fully saturated rings. The summed E-state index contributed by atoms with van der Waals surface area (Å²) in [6.07, 6.45) is 6.69. The van der Waals surface area contributed by atoms with Crippen molar-refractivity contribution in [1.82, 2.24) is 10.1 Å². The van der Waals surface area contributed by atoms with E-state index in [9.17, 15) is 5.26 Å². The fourth-order valence-electron chi connectivity index (χ4n) is 3.70. The number of nitrogens with two attached hydrogens (primary N) is 1. The van der Waals surface area contributed by atoms with E-state index in [1.54, 1.807) is 0 Å². The number of anilines is 1. The molecule has 2 aromatic heterocycles. The lowest BCUT2D eigenvalue weighted by Gasteiger charge is -2.19. The van der Waals surface area contributed by atoms with Crippen molar-refractivity contribution in [3.8, 4) is 17.2 Å². The average Bonchev–Trinajstić information content (AvgIpc) is 2.73. The van der Waals surface area contributed by atoms with E-state index < -0.39 is 0 Å². The Morgan fingerprint density at radius 1 is 1.13 bits per heavy atom. The maximum atomic E-state index is 9.69. The van der Waals surface area contributed by atoms with E-state index in [0.717, 1.165) is 53.9 Å². The minimum Gasteiger partial charge on any atom is -0.383 e. The van der Waals surface area contributed by atoms with E-state index in [1.807, 2.05) is 11.7 Å². The van der Waals surface area contributed by atoms with Gasteiger partial charge in [0.15, 0.2) is 7.05 Å². The van der Waals surface area contributed by atoms with Crippen LogP contribution < -0.4 is 10.4 Å². The lowest BCUT2D eigenvalue weighted by Crippen LogP contribution is -2.32. The highest BCUT2D eigenvalue weighted by molar-refractivity contribution is 5.81. The average molecular weight is 310 g/mol. The SMILES string of the molecule is Cc1[nH][n+](C)c(C)c1-c1c(C#N)c(N)nc2c1CCCCCC2. The number of nitriles is 1. The first-order valence-electron chi connectivity index (χ1n) is 8.31. The van der Waals surface area contributed by atoms with Crippen LogP contribution in [-0.2, 0) is 19.9 Å². The molecule has 0 aliphatic heterocycles. The molecular formula is C18H24N5+. The molecule has 2 aromatic rings. The molecule has 5 nitrogen and oxygen atoms in total. The molecule has 0 radical (unpaired) electrons. The van der Waals surface area contributed by atoms with Crippen LogP contribution in [0.2, 0.25) is 0 Å². The lowest BCUT2D eigenvalue weighted by atomic mass is 9.87. The predicted molar refractivity (Wildman–Crippen MR) is 89.7 cm³/mol. The number of pyridine rings is 1. The van der Waals surface area contributed by atoms with Crippen LogP contribution in [-0.4, -0.2) is 10.1 Å². The summed E-state index contributed by atoms with van der Waals surface area (Å²) in [5, 5.41) is 13.0. The Morgan fingerprint density at radius 2 is 1.83 bits per heavy atom. The topological polar surface area (TPSA) is 82.4 Å². The van der Waals surface area contributed by atoms with Crippen LogP contribution in [0.1, 0.15) is 53.9 Å². The molecule has 0 aromatic carbocycles. The van der Waals surface area contributed by atoms with Gasteiger partial charge in [-0.15, -0.1) is 4.68 Å². The van der Waals surface area contributed by atoms with Gasteiger partial charge < -0.3 is 5.73 Å². The Morgan fingerprint density at radius 3 is 2.43 bits per heavy atom. The van der Waals surface area contributed by atoms with Crippen LogP contribution in [0.25, 0.3) is 11.1 Å². The second-order valence-electron chi connectivity index (χ2n) is 6.45. The normalized spacial score (nSPS) is 14.7. The fourth-order valence-corrected chi connectivity index (χ4v) is 3.70. The summed E-state index contributed by atoms with van der Waals surface area (Å²) in [4.78, 5) is 4.58. The third-order valence-corrected chi connectivity index (χ3v) is 4.94. The van der Waals surface area contributed by atoms with Gasteiger partial charge in [0.25, 0.3) is 0 Å². The van der Waals surface area contributed by atoms with Gasteiger partial charge in [-0.1, -0.05) is 12.8 Å². The molecule has 0 saturated heterocycles. The van der Waals surface area contributed by atoms with Crippen molar-refractivity contribution in [3.63, 3.8) is 0 Å². The highest BCUT2D eigenvalue weighted by Gasteiger charge is 2.27. The minimum absolute atomic E-state index is 0.365. The number of hydrogen-bond donors (Lipinski definition) is 2. The molecule has 120 valence electrons. The summed E-state index contributed by atoms with van der Waals surface area (Å²) >= 11 is 0. The molecule has 2 heterocycles. The van der Waals surface area contributed by atoms with Crippen molar-refractivity contribution in [2.75, 3.05) is 5.73 Å². The third-order valence-electron chi connectivity index (χ3n) is 4.94. The lowest BCUT2D eigenvalue weighted by molar-refractivity contribution is -0.732. The van der Waals surface area contributed by atoms with E-state index >= 15 is 0 Å². The van der Waals surface area contributed by atoms with Gasteiger partial charge in [-0.05, 0) is 38.2 Å². The number of rotatable bonds is 1.